The Kier molecular flexibility index (Phi) is 5.97. The lowest BCUT2D eigenvalue weighted by molar-refractivity contribution is -0.172. The minimum Gasteiger partial charge on any atom is -0.356 e. The van der Waals surface area contributed by atoms with Crippen molar-refractivity contribution in [2.24, 2.45) is 5.92 Å². The topological polar surface area (TPSA) is 129 Å². The molecule has 2 saturated heterocycles. The Hall–Kier alpha value is -4.52. The maximum Gasteiger partial charge on any atom is 0.363 e. The first-order chi connectivity index (χ1) is 17.0. The zero-order valence-corrected chi connectivity index (χ0v) is 18.8. The van der Waals surface area contributed by atoms with Gasteiger partial charge in [0.05, 0.1) is 11.6 Å². The number of carbonyl (C=O) groups excluding carboxylic acids is 3. The third-order valence-electron chi connectivity index (χ3n) is 6.15. The summed E-state index contributed by atoms with van der Waals surface area (Å²) in [5, 5.41) is 14.8. The summed E-state index contributed by atoms with van der Waals surface area (Å²) in [5.41, 5.74) is 0.775. The Bertz CT molecular complexity index is 1340. The van der Waals surface area contributed by atoms with E-state index in [1.54, 1.807) is 36.7 Å². The van der Waals surface area contributed by atoms with Gasteiger partial charge in [-0.25, -0.2) is 14.8 Å². The van der Waals surface area contributed by atoms with Crippen molar-refractivity contribution in [3.8, 4) is 6.07 Å². The fraction of sp³-hybridized carbons (Fsp3) is 0.280. The van der Waals surface area contributed by atoms with Crippen LogP contribution in [0, 0.1) is 17.2 Å². The van der Waals surface area contributed by atoms with E-state index in [1.807, 2.05) is 12.1 Å². The minimum atomic E-state index is -0.795. The summed E-state index contributed by atoms with van der Waals surface area (Å²) in [6.45, 7) is 1.53. The Labute approximate surface area is 201 Å². The monoisotopic (exact) mass is 470 g/mol. The van der Waals surface area contributed by atoms with Crippen molar-refractivity contribution in [2.75, 3.05) is 23.3 Å². The summed E-state index contributed by atoms with van der Waals surface area (Å²) in [4.78, 5) is 52.2. The normalized spacial score (nSPS) is 16.4. The number of hydrogen-bond donors (Lipinski definition) is 1. The van der Waals surface area contributed by atoms with E-state index in [9.17, 15) is 19.6 Å². The van der Waals surface area contributed by atoms with Gasteiger partial charge in [-0.3, -0.25) is 9.59 Å². The van der Waals surface area contributed by atoms with E-state index in [4.69, 9.17) is 4.84 Å². The number of rotatable bonds is 5. The fourth-order valence-corrected chi connectivity index (χ4v) is 4.26. The number of nitrogens with zero attached hydrogens (tertiary/aromatic N) is 5. The van der Waals surface area contributed by atoms with Crippen LogP contribution in [0.1, 0.15) is 36.0 Å². The molecule has 2 aromatic heterocycles. The SMILES string of the molecule is N#CC1CCN(c2nccc3cnc(Nc4cccc(C(=O)ON5C(=O)CCC5=O)c4)cc23)CC1. The molecule has 176 valence electrons. The molecule has 4 heterocycles. The maximum absolute atomic E-state index is 12.5. The number of hydrogen-bond acceptors (Lipinski definition) is 9. The lowest BCUT2D eigenvalue weighted by Gasteiger charge is -2.30. The number of benzene rings is 1. The molecule has 1 N–H and O–H groups in total. The first kappa shape index (κ1) is 22.3. The number of imide groups is 1. The molecule has 2 amide bonds. The molecule has 10 nitrogen and oxygen atoms in total. The van der Waals surface area contributed by atoms with Gasteiger partial charge in [0.15, 0.2) is 0 Å². The average molecular weight is 470 g/mol. The van der Waals surface area contributed by atoms with Crippen LogP contribution in [0.25, 0.3) is 10.8 Å². The van der Waals surface area contributed by atoms with Gasteiger partial charge in [0.1, 0.15) is 11.6 Å². The summed E-state index contributed by atoms with van der Waals surface area (Å²) in [6.07, 6.45) is 5.20. The van der Waals surface area contributed by atoms with E-state index in [-0.39, 0.29) is 24.3 Å². The average Bonchev–Trinajstić information content (AvgIpc) is 3.20. The first-order valence-corrected chi connectivity index (χ1v) is 11.4. The minimum absolute atomic E-state index is 0.0362. The molecule has 0 saturated carbocycles. The van der Waals surface area contributed by atoms with Crippen LogP contribution in [-0.2, 0) is 14.4 Å². The molecule has 0 radical (unpaired) electrons. The highest BCUT2D eigenvalue weighted by molar-refractivity contribution is 6.03. The second-order valence-corrected chi connectivity index (χ2v) is 8.48. The molecule has 0 bridgehead atoms. The van der Waals surface area contributed by atoms with E-state index in [1.165, 1.54) is 0 Å². The number of pyridine rings is 2. The second kappa shape index (κ2) is 9.38. The van der Waals surface area contributed by atoms with Crippen molar-refractivity contribution in [1.29, 1.82) is 5.26 Å². The van der Waals surface area contributed by atoms with Gasteiger partial charge in [-0.2, -0.15) is 5.26 Å². The van der Waals surface area contributed by atoms with Gasteiger partial charge in [0.25, 0.3) is 11.8 Å². The van der Waals surface area contributed by atoms with Gasteiger partial charge >= 0.3 is 5.97 Å². The molecule has 3 aromatic rings. The Morgan fingerprint density at radius 1 is 1.09 bits per heavy atom. The third-order valence-corrected chi connectivity index (χ3v) is 6.15. The second-order valence-electron chi connectivity index (χ2n) is 8.48. The van der Waals surface area contributed by atoms with Gasteiger partial charge in [0.2, 0.25) is 0 Å². The summed E-state index contributed by atoms with van der Waals surface area (Å²) < 4.78 is 0. The summed E-state index contributed by atoms with van der Waals surface area (Å²) >= 11 is 0. The van der Waals surface area contributed by atoms with Crippen LogP contribution < -0.4 is 10.2 Å². The summed E-state index contributed by atoms with van der Waals surface area (Å²) in [5.74, 6) is -0.356. The number of anilines is 3. The highest BCUT2D eigenvalue weighted by atomic mass is 16.7. The molecular weight excluding hydrogens is 448 g/mol. The smallest absolute Gasteiger partial charge is 0.356 e. The number of carbonyl (C=O) groups is 3. The van der Waals surface area contributed by atoms with Crippen molar-refractivity contribution < 1.29 is 19.2 Å². The fourth-order valence-electron chi connectivity index (χ4n) is 4.26. The van der Waals surface area contributed by atoms with Crippen molar-refractivity contribution in [3.05, 3.63) is 54.4 Å². The van der Waals surface area contributed by atoms with Crippen LogP contribution in [0.4, 0.5) is 17.3 Å². The van der Waals surface area contributed by atoms with E-state index < -0.39 is 17.8 Å². The van der Waals surface area contributed by atoms with Crippen molar-refractivity contribution in [1.82, 2.24) is 15.0 Å². The van der Waals surface area contributed by atoms with Crippen molar-refractivity contribution in [3.63, 3.8) is 0 Å². The third kappa shape index (κ3) is 4.61. The van der Waals surface area contributed by atoms with Crippen LogP contribution in [0.3, 0.4) is 0 Å². The highest BCUT2D eigenvalue weighted by Gasteiger charge is 2.33. The largest absolute Gasteiger partial charge is 0.363 e. The summed E-state index contributed by atoms with van der Waals surface area (Å²) in [6, 6.07) is 12.7. The lowest BCUT2D eigenvalue weighted by atomic mass is 9.98. The molecule has 0 spiro atoms. The van der Waals surface area contributed by atoms with Crippen molar-refractivity contribution >= 4 is 45.9 Å². The molecule has 10 heteroatoms. The Balaban J connectivity index is 1.35. The van der Waals surface area contributed by atoms with Gasteiger partial charge in [-0.05, 0) is 43.2 Å². The molecule has 5 rings (SSSR count). The number of amides is 2. The molecular formula is C25H22N6O4. The number of hydroxylamine groups is 2. The standard InChI is InChI=1S/C25H22N6O4/c26-14-16-7-10-30(11-8-16)24-20-13-21(28-15-18(20)6-9-27-24)29-19-3-1-2-17(12-19)25(34)35-31-22(32)4-5-23(31)33/h1-3,6,9,12-13,15-16H,4-5,7-8,10-11H2,(H,28,29). The van der Waals surface area contributed by atoms with E-state index in [0.29, 0.717) is 16.6 Å². The number of fused-ring (bicyclic) bond motifs is 1. The zero-order valence-electron chi connectivity index (χ0n) is 18.8. The molecule has 1 aromatic carbocycles. The quantitative estimate of drug-likeness (QED) is 0.558. The maximum atomic E-state index is 12.5. The molecule has 2 fully saturated rings. The van der Waals surface area contributed by atoms with E-state index in [0.717, 1.165) is 42.5 Å². The first-order valence-electron chi connectivity index (χ1n) is 11.4. The lowest BCUT2D eigenvalue weighted by Crippen LogP contribution is -2.33. The van der Waals surface area contributed by atoms with Crippen LogP contribution in [0.15, 0.2) is 48.8 Å². The molecule has 0 unspecified atom stereocenters. The molecule has 0 aliphatic carbocycles. The number of nitriles is 1. The number of piperidine rings is 1. The van der Waals surface area contributed by atoms with Crippen LogP contribution in [0.5, 0.6) is 0 Å². The molecule has 2 aliphatic heterocycles. The Morgan fingerprint density at radius 2 is 1.86 bits per heavy atom. The molecule has 0 atom stereocenters. The number of nitrogens with one attached hydrogen (secondary N) is 1. The zero-order chi connectivity index (χ0) is 24.4. The van der Waals surface area contributed by atoms with Crippen LogP contribution in [-0.4, -0.2) is 45.9 Å². The Morgan fingerprint density at radius 3 is 2.60 bits per heavy atom. The number of aromatic nitrogens is 2. The van der Waals surface area contributed by atoms with Crippen molar-refractivity contribution in [2.45, 2.75) is 25.7 Å². The van der Waals surface area contributed by atoms with Crippen LogP contribution >= 0.6 is 0 Å². The van der Waals surface area contributed by atoms with E-state index >= 15 is 0 Å². The predicted molar refractivity (Wildman–Crippen MR) is 126 cm³/mol. The molecule has 35 heavy (non-hydrogen) atoms. The van der Waals surface area contributed by atoms with E-state index in [2.05, 4.69) is 26.3 Å². The van der Waals surface area contributed by atoms with Crippen LogP contribution in [0.2, 0.25) is 0 Å². The van der Waals surface area contributed by atoms with Gasteiger partial charge in [-0.15, -0.1) is 5.06 Å². The van der Waals surface area contributed by atoms with Gasteiger partial charge < -0.3 is 15.1 Å². The van der Waals surface area contributed by atoms with Gasteiger partial charge in [0, 0.05) is 60.7 Å². The van der Waals surface area contributed by atoms with Gasteiger partial charge in [-0.1, -0.05) is 6.07 Å². The summed E-state index contributed by atoms with van der Waals surface area (Å²) in [7, 11) is 0. The predicted octanol–water partition coefficient (Wildman–Crippen LogP) is 3.33. The highest BCUT2D eigenvalue weighted by Crippen LogP contribution is 2.30. The molecule has 2 aliphatic rings.